The van der Waals surface area contributed by atoms with Gasteiger partial charge in [-0.3, -0.25) is 0 Å². The van der Waals surface area contributed by atoms with Gasteiger partial charge >= 0.3 is 0 Å². The first-order chi connectivity index (χ1) is 9.58. The van der Waals surface area contributed by atoms with Crippen LogP contribution in [0.15, 0.2) is 12.3 Å². The molecule has 0 unspecified atom stereocenters. The van der Waals surface area contributed by atoms with Gasteiger partial charge in [0.1, 0.15) is 0 Å². The van der Waals surface area contributed by atoms with E-state index in [4.69, 9.17) is 0 Å². The van der Waals surface area contributed by atoms with E-state index in [0.29, 0.717) is 11.8 Å². The molecule has 2 aromatic rings. The molecule has 20 heavy (non-hydrogen) atoms. The van der Waals surface area contributed by atoms with Crippen molar-refractivity contribution in [2.45, 2.75) is 26.7 Å². The lowest BCUT2D eigenvalue weighted by atomic mass is 10.1. The Morgan fingerprint density at radius 3 is 2.50 bits per heavy atom. The molecule has 0 fully saturated rings. The second kappa shape index (κ2) is 6.31. The van der Waals surface area contributed by atoms with Gasteiger partial charge in [-0.2, -0.15) is 0 Å². The van der Waals surface area contributed by atoms with E-state index in [9.17, 15) is 13.2 Å². The highest BCUT2D eigenvalue weighted by Gasteiger charge is 2.17. The molecule has 0 aliphatic heterocycles. The number of H-pyrrole nitrogens is 1. The van der Waals surface area contributed by atoms with Gasteiger partial charge in [-0.05, 0) is 37.6 Å². The number of nitrogens with one attached hydrogen (secondary N) is 1. The summed E-state index contributed by atoms with van der Waals surface area (Å²) >= 11 is 0. The summed E-state index contributed by atoms with van der Waals surface area (Å²) in [7, 11) is 0. The maximum atomic E-state index is 13.6. The molecule has 0 bridgehead atoms. The zero-order valence-electron chi connectivity index (χ0n) is 11.8. The molecule has 1 aromatic heterocycles. The van der Waals surface area contributed by atoms with Gasteiger partial charge in [0.2, 0.25) is 0 Å². The second-order valence-electron chi connectivity index (χ2n) is 4.91. The van der Waals surface area contributed by atoms with Gasteiger partial charge in [-0.25, -0.2) is 13.2 Å². The third-order valence-electron chi connectivity index (χ3n) is 3.58. The zero-order chi connectivity index (χ0) is 14.7. The summed E-state index contributed by atoms with van der Waals surface area (Å²) in [6.07, 6.45) is 3.38. The van der Waals surface area contributed by atoms with E-state index in [1.165, 1.54) is 0 Å². The number of aromatic nitrogens is 1. The van der Waals surface area contributed by atoms with E-state index in [-0.39, 0.29) is 5.52 Å². The van der Waals surface area contributed by atoms with Crippen molar-refractivity contribution in [3.05, 3.63) is 35.3 Å². The summed E-state index contributed by atoms with van der Waals surface area (Å²) in [6, 6.07) is 1.07. The molecule has 0 radical (unpaired) electrons. The van der Waals surface area contributed by atoms with Crippen molar-refractivity contribution in [3.63, 3.8) is 0 Å². The number of aromatic amines is 1. The first-order valence-electron chi connectivity index (χ1n) is 6.94. The van der Waals surface area contributed by atoms with Crippen molar-refractivity contribution in [1.82, 2.24) is 9.88 Å². The molecule has 2 rings (SSSR count). The Morgan fingerprint density at radius 1 is 1.10 bits per heavy atom. The quantitative estimate of drug-likeness (QED) is 0.798. The van der Waals surface area contributed by atoms with Crippen LogP contribution < -0.4 is 0 Å². The Balaban J connectivity index is 2.23. The fourth-order valence-electron chi connectivity index (χ4n) is 2.46. The minimum absolute atomic E-state index is 0.0393. The zero-order valence-corrected chi connectivity index (χ0v) is 11.8. The summed E-state index contributed by atoms with van der Waals surface area (Å²) in [5.74, 6) is -3.71. The minimum atomic E-state index is -1.42. The number of benzene rings is 1. The Bertz CT molecular complexity index is 592. The number of rotatable bonds is 6. The van der Waals surface area contributed by atoms with Crippen LogP contribution in [0.4, 0.5) is 13.2 Å². The van der Waals surface area contributed by atoms with Gasteiger partial charge in [-0.15, -0.1) is 0 Å². The van der Waals surface area contributed by atoms with Crippen LogP contribution in [0.3, 0.4) is 0 Å². The highest BCUT2D eigenvalue weighted by atomic mass is 19.2. The molecule has 1 aromatic carbocycles. The molecule has 0 saturated carbocycles. The van der Waals surface area contributed by atoms with Gasteiger partial charge < -0.3 is 9.88 Å². The van der Waals surface area contributed by atoms with Crippen molar-refractivity contribution in [3.8, 4) is 0 Å². The fraction of sp³-hybridized carbons (Fsp3) is 0.467. The van der Waals surface area contributed by atoms with E-state index < -0.39 is 17.5 Å². The lowest BCUT2D eigenvalue weighted by Gasteiger charge is -2.19. The van der Waals surface area contributed by atoms with Crippen molar-refractivity contribution in [2.24, 2.45) is 0 Å². The van der Waals surface area contributed by atoms with Crippen LogP contribution in [0, 0.1) is 17.5 Å². The average Bonchev–Trinajstić information content (AvgIpc) is 2.84. The van der Waals surface area contributed by atoms with E-state index in [1.807, 2.05) is 0 Å². The number of nitrogens with zero attached hydrogens (tertiary/aromatic N) is 1. The standard InChI is InChI=1S/C15H19F3N2/c1-3-6-20(4-2)7-5-10-9-19-15-11(10)8-12(16)13(17)14(15)18/h8-9,19H,3-7H2,1-2H3. The molecule has 0 spiro atoms. The summed E-state index contributed by atoms with van der Waals surface area (Å²) in [5, 5.41) is 0.425. The first-order valence-corrected chi connectivity index (χ1v) is 6.94. The molecular weight excluding hydrogens is 265 g/mol. The van der Waals surface area contributed by atoms with Gasteiger partial charge in [0, 0.05) is 18.1 Å². The third kappa shape index (κ3) is 2.82. The number of halogens is 3. The molecule has 2 nitrogen and oxygen atoms in total. The maximum Gasteiger partial charge on any atom is 0.196 e. The Kier molecular flexibility index (Phi) is 4.70. The highest BCUT2D eigenvalue weighted by Crippen LogP contribution is 2.25. The van der Waals surface area contributed by atoms with Gasteiger partial charge in [0.25, 0.3) is 0 Å². The number of likely N-dealkylation sites (N-methyl/N-ethyl adjacent to an activating group) is 1. The second-order valence-corrected chi connectivity index (χ2v) is 4.91. The normalized spacial score (nSPS) is 11.7. The molecule has 0 amide bonds. The van der Waals surface area contributed by atoms with Crippen molar-refractivity contribution < 1.29 is 13.2 Å². The van der Waals surface area contributed by atoms with Gasteiger partial charge in [-0.1, -0.05) is 13.8 Å². The van der Waals surface area contributed by atoms with Crippen LogP contribution in [-0.4, -0.2) is 29.5 Å². The molecule has 0 aliphatic carbocycles. The molecule has 0 aliphatic rings. The Labute approximate surface area is 116 Å². The fourth-order valence-corrected chi connectivity index (χ4v) is 2.46. The summed E-state index contributed by atoms with van der Waals surface area (Å²) < 4.78 is 40.1. The van der Waals surface area contributed by atoms with E-state index in [0.717, 1.165) is 37.7 Å². The highest BCUT2D eigenvalue weighted by molar-refractivity contribution is 5.84. The number of fused-ring (bicyclic) bond motifs is 1. The number of hydrogen-bond donors (Lipinski definition) is 1. The van der Waals surface area contributed by atoms with Crippen molar-refractivity contribution in [1.29, 1.82) is 0 Å². The molecule has 1 heterocycles. The molecule has 5 heteroatoms. The largest absolute Gasteiger partial charge is 0.358 e. The van der Waals surface area contributed by atoms with Gasteiger partial charge in [0.05, 0.1) is 5.52 Å². The van der Waals surface area contributed by atoms with Crippen LogP contribution in [0.1, 0.15) is 25.8 Å². The van der Waals surface area contributed by atoms with E-state index >= 15 is 0 Å². The molecule has 0 saturated heterocycles. The first kappa shape index (κ1) is 14.9. The Morgan fingerprint density at radius 2 is 1.85 bits per heavy atom. The topological polar surface area (TPSA) is 19.0 Å². The third-order valence-corrected chi connectivity index (χ3v) is 3.58. The summed E-state index contributed by atoms with van der Waals surface area (Å²) in [4.78, 5) is 4.97. The lowest BCUT2D eigenvalue weighted by molar-refractivity contribution is 0.293. The Hall–Kier alpha value is -1.49. The SMILES string of the molecule is CCCN(CC)CCc1c[nH]c2c(F)c(F)c(F)cc12. The van der Waals surface area contributed by atoms with Crippen LogP contribution in [-0.2, 0) is 6.42 Å². The van der Waals surface area contributed by atoms with Crippen LogP contribution in [0.2, 0.25) is 0 Å². The van der Waals surface area contributed by atoms with Gasteiger partial charge in [0.15, 0.2) is 17.5 Å². The van der Waals surface area contributed by atoms with Crippen LogP contribution >= 0.6 is 0 Å². The van der Waals surface area contributed by atoms with Crippen LogP contribution in [0.25, 0.3) is 10.9 Å². The predicted molar refractivity (Wildman–Crippen MR) is 74.3 cm³/mol. The summed E-state index contributed by atoms with van der Waals surface area (Å²) in [6.45, 7) is 6.95. The van der Waals surface area contributed by atoms with Crippen molar-refractivity contribution >= 4 is 10.9 Å². The van der Waals surface area contributed by atoms with Crippen molar-refractivity contribution in [2.75, 3.05) is 19.6 Å². The monoisotopic (exact) mass is 284 g/mol. The molecule has 1 N–H and O–H groups in total. The number of hydrogen-bond acceptors (Lipinski definition) is 1. The maximum absolute atomic E-state index is 13.6. The smallest absolute Gasteiger partial charge is 0.196 e. The lowest BCUT2D eigenvalue weighted by Crippen LogP contribution is -2.26. The van der Waals surface area contributed by atoms with E-state index in [2.05, 4.69) is 23.7 Å². The molecule has 0 atom stereocenters. The molecule has 110 valence electrons. The predicted octanol–water partition coefficient (Wildman–Crippen LogP) is 3.86. The van der Waals surface area contributed by atoms with E-state index in [1.54, 1.807) is 6.20 Å². The summed E-state index contributed by atoms with van der Waals surface area (Å²) in [5.41, 5.74) is 0.852. The minimum Gasteiger partial charge on any atom is -0.358 e. The average molecular weight is 284 g/mol. The molecular formula is C15H19F3N2. The van der Waals surface area contributed by atoms with Crippen LogP contribution in [0.5, 0.6) is 0 Å².